The van der Waals surface area contributed by atoms with Gasteiger partial charge in [0.1, 0.15) is 0 Å². The Labute approximate surface area is 182 Å². The van der Waals surface area contributed by atoms with Crippen LogP contribution in [0.3, 0.4) is 0 Å². The second kappa shape index (κ2) is 9.76. The van der Waals surface area contributed by atoms with Crippen molar-refractivity contribution in [1.82, 2.24) is 15.2 Å². The number of ether oxygens (including phenoxy) is 1. The van der Waals surface area contributed by atoms with Gasteiger partial charge in [-0.15, -0.1) is 11.3 Å². The van der Waals surface area contributed by atoms with E-state index in [9.17, 15) is 0 Å². The number of thiazole rings is 1. The molecule has 0 spiro atoms. The minimum Gasteiger partial charge on any atom is -0.381 e. The van der Waals surface area contributed by atoms with Crippen LogP contribution in [0.4, 0.5) is 5.13 Å². The van der Waals surface area contributed by atoms with Gasteiger partial charge in [0.05, 0.1) is 6.54 Å². The van der Waals surface area contributed by atoms with E-state index in [1.807, 2.05) is 11.6 Å². The van der Waals surface area contributed by atoms with Gasteiger partial charge in [-0.2, -0.15) is 0 Å². The summed E-state index contributed by atoms with van der Waals surface area (Å²) in [6.07, 6.45) is 3.75. The number of hydrogen-bond donors (Lipinski definition) is 2. The van der Waals surface area contributed by atoms with Crippen LogP contribution in [0.25, 0.3) is 0 Å². The van der Waals surface area contributed by atoms with Crippen molar-refractivity contribution in [1.29, 1.82) is 0 Å². The standard InChI is InChI=1S/C22H32N6OS/c1-18(19-5-3-2-4-6-19)26-22(7-14-29-15-8-22)17-25-20(23)27-10-12-28(13-11-27)21-24-9-16-30-21/h2-6,9,16,18,26H,7-8,10-15,17H2,1H3,(H2,23,25). The van der Waals surface area contributed by atoms with Crippen molar-refractivity contribution in [2.45, 2.75) is 31.3 Å². The summed E-state index contributed by atoms with van der Waals surface area (Å²) in [6, 6.07) is 10.8. The van der Waals surface area contributed by atoms with E-state index in [4.69, 9.17) is 15.5 Å². The Morgan fingerprint density at radius 1 is 1.23 bits per heavy atom. The lowest BCUT2D eigenvalue weighted by atomic mass is 9.88. The van der Waals surface area contributed by atoms with E-state index in [1.165, 1.54) is 5.56 Å². The number of nitrogens with two attached hydrogens (primary N) is 1. The van der Waals surface area contributed by atoms with Crippen molar-refractivity contribution in [2.24, 2.45) is 10.7 Å². The molecule has 1 atom stereocenters. The van der Waals surface area contributed by atoms with Crippen LogP contribution in [0.2, 0.25) is 0 Å². The fourth-order valence-corrected chi connectivity index (χ4v) is 4.92. The molecular formula is C22H32N6OS. The van der Waals surface area contributed by atoms with Crippen LogP contribution in [0, 0.1) is 0 Å². The highest BCUT2D eigenvalue weighted by molar-refractivity contribution is 7.13. The normalized spacial score (nSPS) is 20.9. The number of benzene rings is 1. The third-order valence-corrected chi connectivity index (χ3v) is 6.94. The molecule has 0 radical (unpaired) electrons. The zero-order valence-electron chi connectivity index (χ0n) is 17.7. The van der Waals surface area contributed by atoms with Gasteiger partial charge >= 0.3 is 0 Å². The number of anilines is 1. The molecule has 2 aliphatic heterocycles. The van der Waals surface area contributed by atoms with Gasteiger partial charge < -0.3 is 25.6 Å². The maximum Gasteiger partial charge on any atom is 0.191 e. The van der Waals surface area contributed by atoms with Crippen LogP contribution in [0.5, 0.6) is 0 Å². The summed E-state index contributed by atoms with van der Waals surface area (Å²) in [6.45, 7) is 8.01. The average Bonchev–Trinajstić information content (AvgIpc) is 3.34. The predicted octanol–water partition coefficient (Wildman–Crippen LogP) is 2.48. The van der Waals surface area contributed by atoms with E-state index in [1.54, 1.807) is 11.3 Å². The number of hydrogen-bond acceptors (Lipinski definition) is 6. The van der Waals surface area contributed by atoms with Gasteiger partial charge in [-0.25, -0.2) is 4.98 Å². The topological polar surface area (TPSA) is 79.0 Å². The van der Waals surface area contributed by atoms with E-state index < -0.39 is 0 Å². The first-order chi connectivity index (χ1) is 14.7. The SMILES string of the molecule is CC(NC1(CN=C(N)N2CCN(c3nccs3)CC2)CCOCC1)c1ccccc1. The second-order valence-electron chi connectivity index (χ2n) is 8.13. The maximum absolute atomic E-state index is 6.42. The van der Waals surface area contributed by atoms with Gasteiger partial charge in [0.2, 0.25) is 0 Å². The lowest BCUT2D eigenvalue weighted by Crippen LogP contribution is -2.54. The quantitative estimate of drug-likeness (QED) is 0.544. The number of aromatic nitrogens is 1. The van der Waals surface area contributed by atoms with E-state index >= 15 is 0 Å². The molecule has 0 saturated carbocycles. The van der Waals surface area contributed by atoms with Gasteiger partial charge in [0.25, 0.3) is 0 Å². The number of aliphatic imine (C=N–C) groups is 1. The van der Waals surface area contributed by atoms with E-state index in [-0.39, 0.29) is 11.6 Å². The van der Waals surface area contributed by atoms with Crippen LogP contribution < -0.4 is 16.0 Å². The summed E-state index contributed by atoms with van der Waals surface area (Å²) < 4.78 is 5.64. The molecule has 3 N–H and O–H groups in total. The molecule has 0 amide bonds. The molecule has 7 nitrogen and oxygen atoms in total. The molecule has 2 fully saturated rings. The lowest BCUT2D eigenvalue weighted by Gasteiger charge is -2.40. The molecule has 3 heterocycles. The first kappa shape index (κ1) is 21.1. The van der Waals surface area contributed by atoms with Crippen molar-refractivity contribution in [3.8, 4) is 0 Å². The monoisotopic (exact) mass is 428 g/mol. The molecule has 0 aliphatic carbocycles. The lowest BCUT2D eigenvalue weighted by molar-refractivity contribution is 0.0374. The summed E-state index contributed by atoms with van der Waals surface area (Å²) in [4.78, 5) is 13.8. The second-order valence-corrected chi connectivity index (χ2v) is 9.01. The van der Waals surface area contributed by atoms with Crippen molar-refractivity contribution < 1.29 is 4.74 Å². The van der Waals surface area contributed by atoms with Crippen molar-refractivity contribution in [2.75, 3.05) is 50.8 Å². The summed E-state index contributed by atoms with van der Waals surface area (Å²) in [7, 11) is 0. The average molecular weight is 429 g/mol. The molecule has 4 rings (SSSR count). The molecule has 2 aromatic rings. The fraction of sp³-hybridized carbons (Fsp3) is 0.545. The van der Waals surface area contributed by atoms with Crippen molar-refractivity contribution >= 4 is 22.4 Å². The molecule has 30 heavy (non-hydrogen) atoms. The zero-order valence-corrected chi connectivity index (χ0v) is 18.5. The van der Waals surface area contributed by atoms with Crippen LogP contribution in [0.1, 0.15) is 31.4 Å². The van der Waals surface area contributed by atoms with Crippen LogP contribution in [-0.4, -0.2) is 67.3 Å². The van der Waals surface area contributed by atoms with Gasteiger partial charge in [-0.3, -0.25) is 4.99 Å². The Morgan fingerprint density at radius 3 is 2.63 bits per heavy atom. The van der Waals surface area contributed by atoms with Crippen LogP contribution in [0.15, 0.2) is 46.9 Å². The smallest absolute Gasteiger partial charge is 0.191 e. The Morgan fingerprint density at radius 2 is 1.97 bits per heavy atom. The van der Waals surface area contributed by atoms with E-state index in [2.05, 4.69) is 57.4 Å². The highest BCUT2D eigenvalue weighted by atomic mass is 32.1. The minimum absolute atomic E-state index is 0.0825. The predicted molar refractivity (Wildman–Crippen MR) is 123 cm³/mol. The number of piperazine rings is 1. The highest BCUT2D eigenvalue weighted by Crippen LogP contribution is 2.26. The third-order valence-electron chi connectivity index (χ3n) is 6.11. The van der Waals surface area contributed by atoms with E-state index in [0.717, 1.165) is 57.4 Å². The molecule has 162 valence electrons. The molecule has 1 unspecified atom stereocenters. The minimum atomic E-state index is -0.0825. The Kier molecular flexibility index (Phi) is 6.86. The van der Waals surface area contributed by atoms with Gasteiger partial charge in [0, 0.05) is 62.6 Å². The Balaban J connectivity index is 1.37. The fourth-order valence-electron chi connectivity index (χ4n) is 4.23. The van der Waals surface area contributed by atoms with Crippen LogP contribution >= 0.6 is 11.3 Å². The third kappa shape index (κ3) is 5.11. The van der Waals surface area contributed by atoms with Crippen molar-refractivity contribution in [3.05, 3.63) is 47.5 Å². The zero-order chi connectivity index (χ0) is 20.8. The maximum atomic E-state index is 6.42. The number of nitrogens with one attached hydrogen (secondary N) is 1. The Hall–Kier alpha value is -2.16. The summed E-state index contributed by atoms with van der Waals surface area (Å²) >= 11 is 1.69. The number of nitrogens with zero attached hydrogens (tertiary/aromatic N) is 4. The molecule has 2 saturated heterocycles. The number of guanidine groups is 1. The molecule has 0 bridgehead atoms. The summed E-state index contributed by atoms with van der Waals surface area (Å²) in [5.74, 6) is 0.647. The van der Waals surface area contributed by atoms with E-state index in [0.29, 0.717) is 12.5 Å². The van der Waals surface area contributed by atoms with Crippen molar-refractivity contribution in [3.63, 3.8) is 0 Å². The van der Waals surface area contributed by atoms with Gasteiger partial charge in [0.15, 0.2) is 11.1 Å². The van der Waals surface area contributed by atoms with Gasteiger partial charge in [-0.1, -0.05) is 30.3 Å². The molecule has 8 heteroatoms. The number of rotatable bonds is 6. The van der Waals surface area contributed by atoms with Crippen LogP contribution in [-0.2, 0) is 4.74 Å². The molecule has 1 aromatic heterocycles. The highest BCUT2D eigenvalue weighted by Gasteiger charge is 2.34. The summed E-state index contributed by atoms with van der Waals surface area (Å²) in [5, 5.41) is 6.97. The largest absolute Gasteiger partial charge is 0.381 e. The molecular weight excluding hydrogens is 396 g/mol. The molecule has 2 aliphatic rings. The first-order valence-corrected chi connectivity index (χ1v) is 11.6. The summed E-state index contributed by atoms with van der Waals surface area (Å²) in [5.41, 5.74) is 7.62. The first-order valence-electron chi connectivity index (χ1n) is 10.7. The molecule has 1 aromatic carbocycles. The van der Waals surface area contributed by atoms with Gasteiger partial charge in [-0.05, 0) is 25.3 Å². The Bertz CT molecular complexity index is 798.